The monoisotopic (exact) mass is 255 g/mol. The molecule has 19 heavy (non-hydrogen) atoms. The maximum Gasteiger partial charge on any atom is 0.269 e. The van der Waals surface area contributed by atoms with Crippen LogP contribution in [-0.2, 0) is 6.42 Å². The van der Waals surface area contributed by atoms with Crippen LogP contribution in [0.3, 0.4) is 0 Å². The van der Waals surface area contributed by atoms with Gasteiger partial charge in [-0.25, -0.2) is 0 Å². The van der Waals surface area contributed by atoms with Crippen LogP contribution in [-0.4, -0.2) is 10.7 Å². The largest absolute Gasteiger partial charge is 0.294 e. The topological polar surface area (TPSA) is 60.2 Å². The zero-order valence-electron chi connectivity index (χ0n) is 10.5. The second kappa shape index (κ2) is 5.44. The molecular formula is C15H13NO3. The number of hydrogen-bond acceptors (Lipinski definition) is 3. The molecule has 0 bridgehead atoms. The molecule has 0 spiro atoms. The van der Waals surface area contributed by atoms with Crippen LogP contribution in [0.2, 0.25) is 0 Å². The number of aryl methyl sites for hydroxylation is 1. The molecule has 2 aromatic rings. The molecule has 0 N–H and O–H groups in total. The predicted octanol–water partition coefficient (Wildman–Crippen LogP) is 3.33. The van der Waals surface area contributed by atoms with Crippen molar-refractivity contribution >= 4 is 11.5 Å². The Morgan fingerprint density at radius 1 is 1.16 bits per heavy atom. The van der Waals surface area contributed by atoms with Crippen LogP contribution in [0, 0.1) is 17.0 Å². The number of Topliss-reactive ketones (excluding diaryl/α,β-unsaturated/α-hetero) is 1. The lowest BCUT2D eigenvalue weighted by Gasteiger charge is -2.02. The zero-order valence-corrected chi connectivity index (χ0v) is 10.5. The third-order valence-electron chi connectivity index (χ3n) is 2.85. The van der Waals surface area contributed by atoms with Gasteiger partial charge in [-0.1, -0.05) is 29.8 Å². The smallest absolute Gasteiger partial charge is 0.269 e. The number of carbonyl (C=O) groups excluding carboxylic acids is 1. The van der Waals surface area contributed by atoms with E-state index < -0.39 is 4.92 Å². The SMILES string of the molecule is Cc1cccc(CC(=O)c2ccc([N+](=O)[O-])cc2)c1. The summed E-state index contributed by atoms with van der Waals surface area (Å²) in [4.78, 5) is 22.1. The van der Waals surface area contributed by atoms with Gasteiger partial charge in [0, 0.05) is 24.1 Å². The van der Waals surface area contributed by atoms with E-state index in [9.17, 15) is 14.9 Å². The van der Waals surface area contributed by atoms with Crippen LogP contribution in [0.5, 0.6) is 0 Å². The Balaban J connectivity index is 2.14. The first-order chi connectivity index (χ1) is 9.06. The van der Waals surface area contributed by atoms with E-state index in [0.29, 0.717) is 12.0 Å². The molecule has 2 aromatic carbocycles. The van der Waals surface area contributed by atoms with Crippen LogP contribution in [0.4, 0.5) is 5.69 Å². The molecule has 0 fully saturated rings. The molecule has 0 atom stereocenters. The number of non-ortho nitro benzene ring substituents is 1. The third kappa shape index (κ3) is 3.25. The fourth-order valence-corrected chi connectivity index (χ4v) is 1.88. The average molecular weight is 255 g/mol. The molecule has 0 aliphatic rings. The Kier molecular flexibility index (Phi) is 3.71. The summed E-state index contributed by atoms with van der Waals surface area (Å²) in [6, 6.07) is 13.4. The molecule has 2 rings (SSSR count). The van der Waals surface area contributed by atoms with Crippen molar-refractivity contribution in [2.24, 2.45) is 0 Å². The summed E-state index contributed by atoms with van der Waals surface area (Å²) in [5.74, 6) is -0.0412. The predicted molar refractivity (Wildman–Crippen MR) is 72.3 cm³/mol. The summed E-state index contributed by atoms with van der Waals surface area (Å²) < 4.78 is 0. The molecule has 0 aliphatic carbocycles. The van der Waals surface area contributed by atoms with Crippen molar-refractivity contribution < 1.29 is 9.72 Å². The molecular weight excluding hydrogens is 242 g/mol. The number of nitrogens with zero attached hydrogens (tertiary/aromatic N) is 1. The van der Waals surface area contributed by atoms with Crippen molar-refractivity contribution in [2.45, 2.75) is 13.3 Å². The number of ketones is 1. The van der Waals surface area contributed by atoms with Crippen LogP contribution in [0.15, 0.2) is 48.5 Å². The summed E-state index contributed by atoms with van der Waals surface area (Å²) in [5.41, 5.74) is 2.54. The fraction of sp³-hybridized carbons (Fsp3) is 0.133. The van der Waals surface area contributed by atoms with Crippen LogP contribution >= 0.6 is 0 Å². The number of benzene rings is 2. The molecule has 0 aromatic heterocycles. The van der Waals surface area contributed by atoms with Gasteiger partial charge < -0.3 is 0 Å². The van der Waals surface area contributed by atoms with Crippen molar-refractivity contribution in [3.05, 3.63) is 75.3 Å². The van der Waals surface area contributed by atoms with Crippen molar-refractivity contribution in [2.75, 3.05) is 0 Å². The molecule has 0 unspecified atom stereocenters. The van der Waals surface area contributed by atoms with Crippen LogP contribution in [0.1, 0.15) is 21.5 Å². The van der Waals surface area contributed by atoms with Crippen molar-refractivity contribution in [1.29, 1.82) is 0 Å². The lowest BCUT2D eigenvalue weighted by molar-refractivity contribution is -0.384. The number of nitro groups is 1. The van der Waals surface area contributed by atoms with Gasteiger partial charge in [0.25, 0.3) is 5.69 Å². The Morgan fingerprint density at radius 2 is 1.84 bits per heavy atom. The van der Waals surface area contributed by atoms with Crippen LogP contribution < -0.4 is 0 Å². The number of rotatable bonds is 4. The summed E-state index contributed by atoms with van der Waals surface area (Å²) >= 11 is 0. The molecule has 0 amide bonds. The Morgan fingerprint density at radius 3 is 2.42 bits per heavy atom. The molecule has 96 valence electrons. The van der Waals surface area contributed by atoms with Crippen LogP contribution in [0.25, 0.3) is 0 Å². The van der Waals surface area contributed by atoms with Gasteiger partial charge >= 0.3 is 0 Å². The first kappa shape index (κ1) is 13.0. The quantitative estimate of drug-likeness (QED) is 0.478. The van der Waals surface area contributed by atoms with E-state index in [0.717, 1.165) is 11.1 Å². The van der Waals surface area contributed by atoms with Gasteiger partial charge in [-0.15, -0.1) is 0 Å². The van der Waals surface area contributed by atoms with E-state index in [4.69, 9.17) is 0 Å². The maximum absolute atomic E-state index is 12.0. The molecule has 0 heterocycles. The van der Waals surface area contributed by atoms with Gasteiger partial charge in [-0.05, 0) is 24.6 Å². The zero-order chi connectivity index (χ0) is 13.8. The molecule has 0 saturated heterocycles. The van der Waals surface area contributed by atoms with Crippen molar-refractivity contribution in [3.63, 3.8) is 0 Å². The second-order valence-corrected chi connectivity index (χ2v) is 4.39. The maximum atomic E-state index is 12.0. The normalized spacial score (nSPS) is 10.2. The minimum atomic E-state index is -0.477. The Labute approximate surface area is 110 Å². The van der Waals surface area contributed by atoms with Gasteiger partial charge in [-0.3, -0.25) is 14.9 Å². The summed E-state index contributed by atoms with van der Waals surface area (Å²) in [6.45, 7) is 1.97. The summed E-state index contributed by atoms with van der Waals surface area (Å²) in [5, 5.41) is 10.5. The summed E-state index contributed by atoms with van der Waals surface area (Å²) in [6.07, 6.45) is 0.305. The first-order valence-electron chi connectivity index (χ1n) is 5.89. The van der Waals surface area contributed by atoms with Gasteiger partial charge in [0.15, 0.2) is 5.78 Å². The van der Waals surface area contributed by atoms with E-state index >= 15 is 0 Å². The Hall–Kier alpha value is -2.49. The van der Waals surface area contributed by atoms with Gasteiger partial charge in [-0.2, -0.15) is 0 Å². The van der Waals surface area contributed by atoms with Gasteiger partial charge in [0.1, 0.15) is 0 Å². The van der Waals surface area contributed by atoms with E-state index in [-0.39, 0.29) is 11.5 Å². The van der Waals surface area contributed by atoms with E-state index in [1.165, 1.54) is 24.3 Å². The number of carbonyl (C=O) groups is 1. The molecule has 0 saturated carbocycles. The lowest BCUT2D eigenvalue weighted by Crippen LogP contribution is -2.03. The third-order valence-corrected chi connectivity index (χ3v) is 2.85. The Bertz CT molecular complexity index is 618. The highest BCUT2D eigenvalue weighted by atomic mass is 16.6. The average Bonchev–Trinajstić information content (AvgIpc) is 2.39. The highest BCUT2D eigenvalue weighted by Gasteiger charge is 2.10. The minimum absolute atomic E-state index is 0.00731. The van der Waals surface area contributed by atoms with Crippen molar-refractivity contribution in [1.82, 2.24) is 0 Å². The number of nitro benzene ring substituents is 1. The van der Waals surface area contributed by atoms with E-state index in [2.05, 4.69) is 0 Å². The van der Waals surface area contributed by atoms with Crippen molar-refractivity contribution in [3.8, 4) is 0 Å². The standard InChI is InChI=1S/C15H13NO3/c1-11-3-2-4-12(9-11)10-15(17)13-5-7-14(8-6-13)16(18)19/h2-9H,10H2,1H3. The van der Waals surface area contributed by atoms with E-state index in [1.54, 1.807) is 0 Å². The second-order valence-electron chi connectivity index (χ2n) is 4.39. The van der Waals surface area contributed by atoms with E-state index in [1.807, 2.05) is 31.2 Å². The molecule has 0 aliphatic heterocycles. The number of hydrogen-bond donors (Lipinski definition) is 0. The lowest BCUT2D eigenvalue weighted by atomic mass is 10.0. The highest BCUT2D eigenvalue weighted by Crippen LogP contribution is 2.14. The summed E-state index contributed by atoms with van der Waals surface area (Å²) in [7, 11) is 0. The van der Waals surface area contributed by atoms with Gasteiger partial charge in [0.05, 0.1) is 4.92 Å². The molecule has 4 heteroatoms. The molecule has 0 radical (unpaired) electrons. The highest BCUT2D eigenvalue weighted by molar-refractivity contribution is 5.97. The van der Waals surface area contributed by atoms with Gasteiger partial charge in [0.2, 0.25) is 0 Å². The fourth-order valence-electron chi connectivity index (χ4n) is 1.88. The first-order valence-corrected chi connectivity index (χ1v) is 5.89. The minimum Gasteiger partial charge on any atom is -0.294 e. The molecule has 4 nitrogen and oxygen atoms in total.